The molecule has 0 bridgehead atoms. The predicted octanol–water partition coefficient (Wildman–Crippen LogP) is 0.521. The largest absolute Gasteiger partial charge is 0.394 e. The van der Waals surface area contributed by atoms with Crippen molar-refractivity contribution in [2.24, 2.45) is 0 Å². The average Bonchev–Trinajstić information content (AvgIpc) is 3.75. The first-order valence-electron chi connectivity index (χ1n) is 17.5. The summed E-state index contributed by atoms with van der Waals surface area (Å²) in [6.45, 7) is 6.10. The van der Waals surface area contributed by atoms with E-state index in [0.717, 1.165) is 62.3 Å². The molecule has 1 aromatic heterocycles. The van der Waals surface area contributed by atoms with Crippen molar-refractivity contribution in [3.05, 3.63) is 53.6 Å². The van der Waals surface area contributed by atoms with Crippen LogP contribution in [0.4, 0.5) is 0 Å². The van der Waals surface area contributed by atoms with Crippen molar-refractivity contribution in [1.29, 1.82) is 0 Å². The summed E-state index contributed by atoms with van der Waals surface area (Å²) in [5.74, 6) is -1.18. The number of amides is 4. The number of fused-ring (bicyclic) bond motifs is 1. The third-order valence-corrected chi connectivity index (χ3v) is 10.0. The smallest absolute Gasteiger partial charge is 0.246 e. The van der Waals surface area contributed by atoms with Crippen LogP contribution in [0, 0.1) is 6.92 Å². The van der Waals surface area contributed by atoms with E-state index >= 15 is 0 Å². The number of carbonyl (C=O) groups is 4. The Hall–Kier alpha value is -3.81. The number of aromatic amines is 1. The van der Waals surface area contributed by atoms with Gasteiger partial charge in [0.2, 0.25) is 23.6 Å². The molecule has 4 heterocycles. The van der Waals surface area contributed by atoms with E-state index in [4.69, 9.17) is 0 Å². The molecule has 13 nitrogen and oxygen atoms in total. The van der Waals surface area contributed by atoms with Gasteiger partial charge in [-0.2, -0.15) is 0 Å². The number of aryl methyl sites for hydroxylation is 1. The number of hydrogen-bond donors (Lipinski definition) is 5. The summed E-state index contributed by atoms with van der Waals surface area (Å²) in [5.41, 5.74) is 2.80. The summed E-state index contributed by atoms with van der Waals surface area (Å²) < 4.78 is 0. The minimum atomic E-state index is -0.854. The number of imidazole rings is 1. The van der Waals surface area contributed by atoms with Gasteiger partial charge >= 0.3 is 0 Å². The van der Waals surface area contributed by atoms with Gasteiger partial charge in [0, 0.05) is 69.9 Å². The predicted molar refractivity (Wildman–Crippen MR) is 181 cm³/mol. The monoisotopic (exact) mass is 664 g/mol. The number of carbonyl (C=O) groups excluding carboxylic acids is 4. The Bertz CT molecular complexity index is 1360. The number of likely N-dealkylation sites (N-methyl/N-ethyl adjacent to an activating group) is 1. The third-order valence-electron chi connectivity index (χ3n) is 10.0. The zero-order valence-corrected chi connectivity index (χ0v) is 28.3. The van der Waals surface area contributed by atoms with Gasteiger partial charge in [0.1, 0.15) is 18.1 Å². The number of aliphatic hydroxyl groups is 1. The minimum absolute atomic E-state index is 0.0919. The lowest BCUT2D eigenvalue weighted by atomic mass is 9.98. The second kappa shape index (κ2) is 17.0. The van der Waals surface area contributed by atoms with Gasteiger partial charge in [-0.05, 0) is 45.2 Å². The van der Waals surface area contributed by atoms with Crippen LogP contribution in [0.25, 0.3) is 0 Å². The SMILES string of the molecule is Cc1ccc(CC(NC(=O)CCN2CCN(C)CC2)C(=O)NC2CCCCC3CCC(C(=O)NC(CO)Cc4cnc[nH]4)N3C2=O)cc1. The number of hydrogen-bond acceptors (Lipinski definition) is 8. The van der Waals surface area contributed by atoms with Crippen molar-refractivity contribution in [3.63, 3.8) is 0 Å². The van der Waals surface area contributed by atoms with Crippen LogP contribution < -0.4 is 16.0 Å². The molecular weight excluding hydrogens is 612 g/mol. The Morgan fingerprint density at radius 3 is 2.46 bits per heavy atom. The molecule has 3 aliphatic heterocycles. The second-order valence-corrected chi connectivity index (χ2v) is 13.7. The van der Waals surface area contributed by atoms with Gasteiger partial charge in [-0.15, -0.1) is 0 Å². The molecular formula is C35H52N8O5. The van der Waals surface area contributed by atoms with Crippen LogP contribution >= 0.6 is 0 Å². The van der Waals surface area contributed by atoms with Gasteiger partial charge in [-0.3, -0.25) is 19.2 Å². The third kappa shape index (κ3) is 9.64. The second-order valence-electron chi connectivity index (χ2n) is 13.7. The Balaban J connectivity index is 1.25. The van der Waals surface area contributed by atoms with Gasteiger partial charge in [0.05, 0.1) is 19.0 Å². The van der Waals surface area contributed by atoms with Crippen molar-refractivity contribution in [1.82, 2.24) is 40.6 Å². The highest BCUT2D eigenvalue weighted by Crippen LogP contribution is 2.31. The summed E-state index contributed by atoms with van der Waals surface area (Å²) in [4.78, 5) is 68.0. The van der Waals surface area contributed by atoms with Crippen LogP contribution in [0.1, 0.15) is 61.8 Å². The van der Waals surface area contributed by atoms with Crippen LogP contribution in [0.5, 0.6) is 0 Å². The molecule has 5 rings (SSSR count). The number of aliphatic hydroxyl groups excluding tert-OH is 1. The molecule has 0 radical (unpaired) electrons. The summed E-state index contributed by atoms with van der Waals surface area (Å²) >= 11 is 0. The normalized spacial score (nSPS) is 23.4. The molecule has 3 fully saturated rings. The van der Waals surface area contributed by atoms with Crippen LogP contribution in [0.15, 0.2) is 36.8 Å². The quantitative estimate of drug-likeness (QED) is 0.207. The number of benzene rings is 1. The molecule has 48 heavy (non-hydrogen) atoms. The summed E-state index contributed by atoms with van der Waals surface area (Å²) in [6, 6.07) is 4.90. The molecule has 0 saturated carbocycles. The van der Waals surface area contributed by atoms with E-state index in [0.29, 0.717) is 38.6 Å². The van der Waals surface area contributed by atoms with Gasteiger partial charge in [0.15, 0.2) is 0 Å². The topological polar surface area (TPSA) is 163 Å². The number of rotatable bonds is 13. The maximum Gasteiger partial charge on any atom is 0.246 e. The highest BCUT2D eigenvalue weighted by molar-refractivity contribution is 5.95. The van der Waals surface area contributed by atoms with E-state index in [2.05, 4.69) is 42.8 Å². The Morgan fingerprint density at radius 1 is 1.00 bits per heavy atom. The molecule has 5 N–H and O–H groups in total. The zero-order chi connectivity index (χ0) is 34.0. The molecule has 5 atom stereocenters. The van der Waals surface area contributed by atoms with E-state index in [-0.39, 0.29) is 36.8 Å². The first-order valence-corrected chi connectivity index (χ1v) is 17.5. The number of aromatic nitrogens is 2. The number of nitrogens with zero attached hydrogens (tertiary/aromatic N) is 4. The summed E-state index contributed by atoms with van der Waals surface area (Å²) in [5, 5.41) is 18.9. The molecule has 262 valence electrons. The first-order chi connectivity index (χ1) is 23.2. The molecule has 13 heteroatoms. The molecule has 3 saturated heterocycles. The lowest BCUT2D eigenvalue weighted by Crippen LogP contribution is -2.59. The maximum absolute atomic E-state index is 14.2. The van der Waals surface area contributed by atoms with Gasteiger partial charge in [-0.1, -0.05) is 42.7 Å². The van der Waals surface area contributed by atoms with E-state index in [1.807, 2.05) is 31.2 Å². The van der Waals surface area contributed by atoms with Crippen LogP contribution in [0.2, 0.25) is 0 Å². The standard InChI is InChI=1S/C35H52N8O5/c1-24-7-9-25(10-8-24)19-30(39-32(45)13-14-42-17-15-41(2)16-18-42)33(46)40-29-6-4-3-5-28-11-12-31(43(28)35(29)48)34(47)38-27(22-44)20-26-21-36-23-37-26/h7-10,21,23,27-31,44H,3-6,11-20,22H2,1-2H3,(H,36,37)(H,38,47)(H,39,45)(H,40,46). The van der Waals surface area contributed by atoms with Crippen LogP contribution in [-0.2, 0) is 32.0 Å². The average molecular weight is 665 g/mol. The molecule has 1 aromatic carbocycles. The fourth-order valence-electron chi connectivity index (χ4n) is 7.08. The van der Waals surface area contributed by atoms with Gasteiger partial charge in [-0.25, -0.2) is 4.98 Å². The summed E-state index contributed by atoms with van der Waals surface area (Å²) in [6.07, 6.45) is 8.28. The minimum Gasteiger partial charge on any atom is -0.394 e. The number of H-pyrrole nitrogens is 1. The van der Waals surface area contributed by atoms with Crippen molar-refractivity contribution in [3.8, 4) is 0 Å². The molecule has 3 aliphatic rings. The maximum atomic E-state index is 14.2. The fourth-order valence-corrected chi connectivity index (χ4v) is 7.08. The first kappa shape index (κ1) is 35.5. The Morgan fingerprint density at radius 2 is 1.75 bits per heavy atom. The molecule has 4 amide bonds. The van der Waals surface area contributed by atoms with Crippen molar-refractivity contribution < 1.29 is 24.3 Å². The van der Waals surface area contributed by atoms with Gasteiger partial charge < -0.3 is 40.7 Å². The van der Waals surface area contributed by atoms with E-state index in [1.165, 1.54) is 0 Å². The van der Waals surface area contributed by atoms with E-state index in [1.54, 1.807) is 17.4 Å². The molecule has 0 aliphatic carbocycles. The van der Waals surface area contributed by atoms with E-state index in [9.17, 15) is 24.3 Å². The lowest BCUT2D eigenvalue weighted by Gasteiger charge is -2.36. The molecule has 5 unspecified atom stereocenters. The van der Waals surface area contributed by atoms with Crippen molar-refractivity contribution >= 4 is 23.6 Å². The van der Waals surface area contributed by atoms with Crippen molar-refractivity contribution in [2.45, 2.75) is 94.9 Å². The van der Waals surface area contributed by atoms with Crippen LogP contribution in [-0.4, -0.2) is 130 Å². The highest BCUT2D eigenvalue weighted by Gasteiger charge is 2.44. The Kier molecular flexibility index (Phi) is 12.6. The fraction of sp³-hybridized carbons (Fsp3) is 0.629. The Labute approximate surface area is 283 Å². The van der Waals surface area contributed by atoms with Crippen molar-refractivity contribution in [2.75, 3.05) is 46.4 Å². The highest BCUT2D eigenvalue weighted by atomic mass is 16.3. The zero-order valence-electron chi connectivity index (χ0n) is 28.3. The number of piperazine rings is 1. The van der Waals surface area contributed by atoms with Gasteiger partial charge in [0.25, 0.3) is 0 Å². The van der Waals surface area contributed by atoms with Crippen LogP contribution in [0.3, 0.4) is 0 Å². The summed E-state index contributed by atoms with van der Waals surface area (Å²) in [7, 11) is 2.09. The lowest BCUT2D eigenvalue weighted by molar-refractivity contribution is -0.144. The molecule has 0 spiro atoms. The number of nitrogens with one attached hydrogen (secondary N) is 4. The molecule has 2 aromatic rings. The van der Waals surface area contributed by atoms with E-state index < -0.39 is 30.1 Å².